The monoisotopic (exact) mass is 481 g/mol. The average molecular weight is 482 g/mol. The second-order valence-corrected chi connectivity index (χ2v) is 9.62. The first kappa shape index (κ1) is 21.4. The van der Waals surface area contributed by atoms with E-state index in [9.17, 15) is 23.3 Å². The highest BCUT2D eigenvalue weighted by molar-refractivity contribution is 9.10. The molecule has 3 rings (SSSR count). The highest BCUT2D eigenvalue weighted by atomic mass is 79.9. The molecule has 0 saturated carbocycles. The minimum atomic E-state index is -3.88. The second-order valence-electron chi connectivity index (χ2n) is 6.80. The summed E-state index contributed by atoms with van der Waals surface area (Å²) in [5.74, 6) is -0.0594. The molecule has 1 amide bonds. The topological polar surface area (TPSA) is 101 Å². The third-order valence-corrected chi connectivity index (χ3v) is 7.43. The maximum Gasteiger partial charge on any atom is 0.270 e. The summed E-state index contributed by atoms with van der Waals surface area (Å²) in [5, 5.41) is 11.0. The molecule has 0 bridgehead atoms. The van der Waals surface area contributed by atoms with E-state index < -0.39 is 14.9 Å². The van der Waals surface area contributed by atoms with Gasteiger partial charge in [0.25, 0.3) is 5.69 Å². The zero-order valence-electron chi connectivity index (χ0n) is 15.7. The molecule has 0 aliphatic carbocycles. The SMILES string of the molecule is Cc1ccc([N+](=O)[O-])cc1S(=O)(=O)N1CCN(C(=O)Cc2ccc(Br)cc2)CC1. The number of carbonyl (C=O) groups is 1. The number of rotatable bonds is 5. The van der Waals surface area contributed by atoms with Gasteiger partial charge in [-0.3, -0.25) is 14.9 Å². The maximum absolute atomic E-state index is 13.0. The van der Waals surface area contributed by atoms with E-state index in [1.807, 2.05) is 24.3 Å². The minimum Gasteiger partial charge on any atom is -0.340 e. The zero-order valence-corrected chi connectivity index (χ0v) is 18.1. The summed E-state index contributed by atoms with van der Waals surface area (Å²) in [5.41, 5.74) is 1.07. The summed E-state index contributed by atoms with van der Waals surface area (Å²) >= 11 is 3.35. The van der Waals surface area contributed by atoms with Gasteiger partial charge in [0, 0.05) is 42.8 Å². The Morgan fingerprint density at radius 1 is 1.10 bits per heavy atom. The number of piperazine rings is 1. The van der Waals surface area contributed by atoms with E-state index in [-0.39, 0.29) is 49.1 Å². The van der Waals surface area contributed by atoms with E-state index in [0.29, 0.717) is 5.56 Å². The Bertz CT molecular complexity index is 1030. The standard InChI is InChI=1S/C19H20BrN3O5S/c1-14-2-7-17(23(25)26)13-18(14)29(27,28)22-10-8-21(9-11-22)19(24)12-15-3-5-16(20)6-4-15/h2-7,13H,8-12H2,1H3. The summed E-state index contributed by atoms with van der Waals surface area (Å²) in [7, 11) is -3.88. The smallest absolute Gasteiger partial charge is 0.270 e. The number of non-ortho nitro benzene ring substituents is 1. The van der Waals surface area contributed by atoms with Gasteiger partial charge in [-0.05, 0) is 30.2 Å². The van der Waals surface area contributed by atoms with E-state index >= 15 is 0 Å². The Morgan fingerprint density at radius 2 is 1.72 bits per heavy atom. The molecule has 8 nitrogen and oxygen atoms in total. The number of hydrogen-bond donors (Lipinski definition) is 0. The van der Waals surface area contributed by atoms with Gasteiger partial charge >= 0.3 is 0 Å². The highest BCUT2D eigenvalue weighted by Crippen LogP contribution is 2.25. The van der Waals surface area contributed by atoms with Crippen molar-refractivity contribution in [2.24, 2.45) is 0 Å². The van der Waals surface area contributed by atoms with E-state index in [2.05, 4.69) is 15.9 Å². The van der Waals surface area contributed by atoms with Crippen molar-refractivity contribution >= 4 is 37.5 Å². The lowest BCUT2D eigenvalue weighted by molar-refractivity contribution is -0.385. The largest absolute Gasteiger partial charge is 0.340 e. The number of amides is 1. The van der Waals surface area contributed by atoms with Crippen molar-refractivity contribution in [2.45, 2.75) is 18.2 Å². The average Bonchev–Trinajstić information content (AvgIpc) is 2.69. The van der Waals surface area contributed by atoms with Gasteiger partial charge in [-0.15, -0.1) is 0 Å². The molecule has 0 unspecified atom stereocenters. The fourth-order valence-corrected chi connectivity index (χ4v) is 5.12. The Hall–Kier alpha value is -2.30. The first-order valence-corrected chi connectivity index (χ1v) is 11.2. The van der Waals surface area contributed by atoms with Crippen LogP contribution in [0.4, 0.5) is 5.69 Å². The summed E-state index contributed by atoms with van der Waals surface area (Å²) in [6.45, 7) is 2.47. The Balaban J connectivity index is 1.68. The number of halogens is 1. The summed E-state index contributed by atoms with van der Waals surface area (Å²) < 4.78 is 28.2. The zero-order chi connectivity index (χ0) is 21.2. The number of carbonyl (C=O) groups excluding carboxylic acids is 1. The Morgan fingerprint density at radius 3 is 2.31 bits per heavy atom. The molecule has 10 heteroatoms. The van der Waals surface area contributed by atoms with E-state index in [1.165, 1.54) is 16.4 Å². The molecule has 1 aliphatic heterocycles. The number of benzene rings is 2. The molecular weight excluding hydrogens is 462 g/mol. The van der Waals surface area contributed by atoms with Crippen LogP contribution in [-0.2, 0) is 21.2 Å². The quantitative estimate of drug-likeness (QED) is 0.482. The van der Waals surface area contributed by atoms with Crippen molar-refractivity contribution in [3.8, 4) is 0 Å². The van der Waals surface area contributed by atoms with Crippen LogP contribution in [-0.4, -0.2) is 54.6 Å². The molecule has 154 valence electrons. The normalized spacial score (nSPS) is 15.3. The molecule has 1 saturated heterocycles. The van der Waals surface area contributed by atoms with Crippen LogP contribution in [0, 0.1) is 17.0 Å². The fraction of sp³-hybridized carbons (Fsp3) is 0.316. The molecular formula is C19H20BrN3O5S. The van der Waals surface area contributed by atoms with Crippen molar-refractivity contribution < 1.29 is 18.1 Å². The molecule has 1 fully saturated rings. The van der Waals surface area contributed by atoms with E-state index in [4.69, 9.17) is 0 Å². The number of aryl methyl sites for hydroxylation is 1. The van der Waals surface area contributed by atoms with Gasteiger partial charge in [-0.25, -0.2) is 8.42 Å². The van der Waals surface area contributed by atoms with E-state index in [0.717, 1.165) is 16.1 Å². The third kappa shape index (κ3) is 4.82. The van der Waals surface area contributed by atoms with Crippen LogP contribution in [0.1, 0.15) is 11.1 Å². The highest BCUT2D eigenvalue weighted by Gasteiger charge is 2.32. The minimum absolute atomic E-state index is 0.0594. The molecule has 0 aromatic heterocycles. The van der Waals surface area contributed by atoms with Crippen molar-refractivity contribution in [1.29, 1.82) is 0 Å². The van der Waals surface area contributed by atoms with Gasteiger partial charge in [-0.2, -0.15) is 4.31 Å². The molecule has 0 N–H and O–H groups in total. The second kappa shape index (κ2) is 8.60. The van der Waals surface area contributed by atoms with Gasteiger partial charge < -0.3 is 4.90 Å². The van der Waals surface area contributed by atoms with Gasteiger partial charge in [0.1, 0.15) is 0 Å². The summed E-state index contributed by atoms with van der Waals surface area (Å²) in [4.78, 5) is 24.5. The molecule has 0 radical (unpaired) electrons. The number of nitrogens with zero attached hydrogens (tertiary/aromatic N) is 3. The van der Waals surface area contributed by atoms with Gasteiger partial charge in [-0.1, -0.05) is 34.1 Å². The predicted octanol–water partition coefficient (Wildman–Crippen LogP) is 2.74. The van der Waals surface area contributed by atoms with Crippen LogP contribution < -0.4 is 0 Å². The molecule has 1 aliphatic rings. The molecule has 0 atom stereocenters. The molecule has 2 aromatic carbocycles. The molecule has 29 heavy (non-hydrogen) atoms. The van der Waals surface area contributed by atoms with Gasteiger partial charge in [0.05, 0.1) is 16.2 Å². The van der Waals surface area contributed by atoms with Crippen LogP contribution in [0.5, 0.6) is 0 Å². The number of sulfonamides is 1. The van der Waals surface area contributed by atoms with Gasteiger partial charge in [0.15, 0.2) is 0 Å². The van der Waals surface area contributed by atoms with Crippen molar-refractivity contribution in [3.05, 3.63) is 68.2 Å². The Labute approximate surface area is 177 Å². The maximum atomic E-state index is 13.0. The first-order valence-electron chi connectivity index (χ1n) is 8.96. The predicted molar refractivity (Wildman–Crippen MR) is 111 cm³/mol. The third-order valence-electron chi connectivity index (χ3n) is 4.86. The molecule has 2 aromatic rings. The van der Waals surface area contributed by atoms with Crippen molar-refractivity contribution in [2.75, 3.05) is 26.2 Å². The summed E-state index contributed by atoms with van der Waals surface area (Å²) in [6.07, 6.45) is 0.254. The molecule has 0 spiro atoms. The van der Waals surface area contributed by atoms with Gasteiger partial charge in [0.2, 0.25) is 15.9 Å². The van der Waals surface area contributed by atoms with Crippen molar-refractivity contribution in [3.63, 3.8) is 0 Å². The lowest BCUT2D eigenvalue weighted by atomic mass is 10.1. The van der Waals surface area contributed by atoms with Crippen LogP contribution >= 0.6 is 15.9 Å². The number of nitro groups is 1. The van der Waals surface area contributed by atoms with Crippen LogP contribution in [0.15, 0.2) is 51.8 Å². The summed E-state index contributed by atoms with van der Waals surface area (Å²) in [6, 6.07) is 11.3. The number of hydrogen-bond acceptors (Lipinski definition) is 5. The van der Waals surface area contributed by atoms with Crippen LogP contribution in [0.2, 0.25) is 0 Å². The number of nitro benzene ring substituents is 1. The van der Waals surface area contributed by atoms with Crippen LogP contribution in [0.25, 0.3) is 0 Å². The fourth-order valence-electron chi connectivity index (χ4n) is 3.19. The van der Waals surface area contributed by atoms with Crippen molar-refractivity contribution in [1.82, 2.24) is 9.21 Å². The Kier molecular flexibility index (Phi) is 6.35. The first-order chi connectivity index (χ1) is 13.7. The lowest BCUT2D eigenvalue weighted by Crippen LogP contribution is -2.50. The van der Waals surface area contributed by atoms with E-state index in [1.54, 1.807) is 11.8 Å². The van der Waals surface area contributed by atoms with Crippen LogP contribution in [0.3, 0.4) is 0 Å². The lowest BCUT2D eigenvalue weighted by Gasteiger charge is -2.34. The molecule has 1 heterocycles.